The Balaban J connectivity index is 3.19. The fourth-order valence-corrected chi connectivity index (χ4v) is 1.26. The standard InChI is InChI=1S/C11H10N2O5/c1-7(14)12-10-6-9(13(17)18)4-2-8(10)3-5-11(15)16/h2-6H,1H3,(H,12,14)(H,15,16). The minimum absolute atomic E-state index is 0.189. The maximum absolute atomic E-state index is 11.0. The van der Waals surface area contributed by atoms with Crippen molar-refractivity contribution in [1.82, 2.24) is 0 Å². The summed E-state index contributed by atoms with van der Waals surface area (Å²) in [5, 5.41) is 21.5. The summed E-state index contributed by atoms with van der Waals surface area (Å²) in [4.78, 5) is 31.4. The molecule has 1 rings (SSSR count). The Labute approximate surface area is 102 Å². The van der Waals surface area contributed by atoms with E-state index < -0.39 is 16.8 Å². The molecule has 0 spiro atoms. The maximum atomic E-state index is 11.0. The van der Waals surface area contributed by atoms with Crippen LogP contribution in [0.2, 0.25) is 0 Å². The van der Waals surface area contributed by atoms with E-state index in [9.17, 15) is 19.7 Å². The number of nitrogens with one attached hydrogen (secondary N) is 1. The van der Waals surface area contributed by atoms with Gasteiger partial charge in [0, 0.05) is 25.1 Å². The van der Waals surface area contributed by atoms with Gasteiger partial charge in [-0.25, -0.2) is 4.79 Å². The van der Waals surface area contributed by atoms with Crippen molar-refractivity contribution in [3.05, 3.63) is 40.0 Å². The number of carboxylic acids is 1. The number of nitrogens with zero attached hydrogens (tertiary/aromatic N) is 1. The molecule has 1 aromatic carbocycles. The largest absolute Gasteiger partial charge is 0.478 e. The number of amides is 1. The first-order valence-corrected chi connectivity index (χ1v) is 4.87. The maximum Gasteiger partial charge on any atom is 0.328 e. The zero-order chi connectivity index (χ0) is 13.7. The number of hydrogen-bond donors (Lipinski definition) is 2. The van der Waals surface area contributed by atoms with Gasteiger partial charge >= 0.3 is 5.97 Å². The summed E-state index contributed by atoms with van der Waals surface area (Å²) < 4.78 is 0. The van der Waals surface area contributed by atoms with Crippen LogP contribution in [-0.2, 0) is 9.59 Å². The van der Waals surface area contributed by atoms with Gasteiger partial charge in [-0.3, -0.25) is 14.9 Å². The zero-order valence-electron chi connectivity index (χ0n) is 9.41. The third kappa shape index (κ3) is 3.71. The third-order valence-corrected chi connectivity index (χ3v) is 1.96. The molecule has 7 heteroatoms. The summed E-state index contributed by atoms with van der Waals surface area (Å²) in [6.07, 6.45) is 2.13. The Kier molecular flexibility index (Phi) is 4.14. The molecule has 0 radical (unpaired) electrons. The highest BCUT2D eigenvalue weighted by atomic mass is 16.6. The Hall–Kier alpha value is -2.70. The molecule has 2 N–H and O–H groups in total. The first kappa shape index (κ1) is 13.4. The van der Waals surface area contributed by atoms with Gasteiger partial charge in [0.1, 0.15) is 0 Å². The molecule has 0 aliphatic rings. The quantitative estimate of drug-likeness (QED) is 0.479. The highest BCUT2D eigenvalue weighted by molar-refractivity contribution is 5.93. The van der Waals surface area contributed by atoms with Crippen LogP contribution in [0.5, 0.6) is 0 Å². The number of aliphatic carboxylic acids is 1. The number of anilines is 1. The molecule has 18 heavy (non-hydrogen) atoms. The Morgan fingerprint density at radius 1 is 1.44 bits per heavy atom. The molecular formula is C11H10N2O5. The van der Waals surface area contributed by atoms with Crippen molar-refractivity contribution in [1.29, 1.82) is 0 Å². The smallest absolute Gasteiger partial charge is 0.328 e. The topological polar surface area (TPSA) is 110 Å². The number of carbonyl (C=O) groups is 2. The van der Waals surface area contributed by atoms with Crippen molar-refractivity contribution < 1.29 is 19.6 Å². The number of benzene rings is 1. The first-order valence-electron chi connectivity index (χ1n) is 4.87. The number of nitro groups is 1. The van der Waals surface area contributed by atoms with Crippen molar-refractivity contribution >= 4 is 29.3 Å². The van der Waals surface area contributed by atoms with Crippen LogP contribution >= 0.6 is 0 Å². The van der Waals surface area contributed by atoms with Crippen LogP contribution in [0, 0.1) is 10.1 Å². The summed E-state index contributed by atoms with van der Waals surface area (Å²) in [6.45, 7) is 1.25. The van der Waals surface area contributed by atoms with E-state index in [1.165, 1.54) is 31.2 Å². The summed E-state index contributed by atoms with van der Waals surface area (Å²) >= 11 is 0. The second-order valence-corrected chi connectivity index (χ2v) is 3.38. The van der Waals surface area contributed by atoms with Gasteiger partial charge in [-0.05, 0) is 17.7 Å². The summed E-state index contributed by atoms with van der Waals surface area (Å²) in [5.74, 6) is -1.55. The van der Waals surface area contributed by atoms with E-state index in [-0.39, 0.29) is 11.4 Å². The minimum atomic E-state index is -1.15. The lowest BCUT2D eigenvalue weighted by atomic mass is 10.1. The lowest BCUT2D eigenvalue weighted by molar-refractivity contribution is -0.384. The van der Waals surface area contributed by atoms with Crippen molar-refractivity contribution in [3.63, 3.8) is 0 Å². The molecule has 0 fully saturated rings. The minimum Gasteiger partial charge on any atom is -0.478 e. The molecule has 0 unspecified atom stereocenters. The van der Waals surface area contributed by atoms with E-state index in [4.69, 9.17) is 5.11 Å². The highest BCUT2D eigenvalue weighted by Crippen LogP contribution is 2.23. The number of carboxylic acid groups (broad SMARTS) is 1. The van der Waals surface area contributed by atoms with Crippen molar-refractivity contribution in [2.75, 3.05) is 5.32 Å². The van der Waals surface area contributed by atoms with Gasteiger partial charge in [-0.1, -0.05) is 0 Å². The first-order chi connectivity index (χ1) is 8.40. The highest BCUT2D eigenvalue weighted by Gasteiger charge is 2.10. The van der Waals surface area contributed by atoms with Gasteiger partial charge in [0.25, 0.3) is 5.69 Å². The average Bonchev–Trinajstić information content (AvgIpc) is 2.26. The molecule has 0 aliphatic heterocycles. The molecule has 0 atom stereocenters. The Morgan fingerprint density at radius 2 is 2.11 bits per heavy atom. The molecule has 0 aliphatic carbocycles. The predicted octanol–water partition coefficient (Wildman–Crippen LogP) is 1.65. The van der Waals surface area contributed by atoms with Crippen LogP contribution in [0.3, 0.4) is 0 Å². The van der Waals surface area contributed by atoms with Crippen LogP contribution in [0.25, 0.3) is 6.08 Å². The zero-order valence-corrected chi connectivity index (χ0v) is 9.41. The van der Waals surface area contributed by atoms with Crippen LogP contribution in [0.15, 0.2) is 24.3 Å². The van der Waals surface area contributed by atoms with Gasteiger partial charge in [0.05, 0.1) is 10.6 Å². The fraction of sp³-hybridized carbons (Fsp3) is 0.0909. The van der Waals surface area contributed by atoms with E-state index >= 15 is 0 Å². The van der Waals surface area contributed by atoms with Crippen molar-refractivity contribution in [2.24, 2.45) is 0 Å². The summed E-state index contributed by atoms with van der Waals surface area (Å²) in [5.41, 5.74) is 0.374. The molecule has 1 amide bonds. The van der Waals surface area contributed by atoms with E-state index in [0.29, 0.717) is 5.56 Å². The number of non-ortho nitro benzene ring substituents is 1. The monoisotopic (exact) mass is 250 g/mol. The lowest BCUT2D eigenvalue weighted by Crippen LogP contribution is -2.07. The molecule has 0 saturated heterocycles. The summed E-state index contributed by atoms with van der Waals surface area (Å²) in [6, 6.07) is 3.76. The van der Waals surface area contributed by atoms with Crippen LogP contribution < -0.4 is 5.32 Å². The average molecular weight is 250 g/mol. The molecular weight excluding hydrogens is 240 g/mol. The van der Waals surface area contributed by atoms with E-state index in [0.717, 1.165) is 6.08 Å². The molecule has 0 heterocycles. The molecule has 94 valence electrons. The normalized spacial score (nSPS) is 10.3. The molecule has 0 saturated carbocycles. The van der Waals surface area contributed by atoms with E-state index in [2.05, 4.69) is 5.32 Å². The lowest BCUT2D eigenvalue weighted by Gasteiger charge is -2.06. The van der Waals surface area contributed by atoms with Gasteiger partial charge in [0.15, 0.2) is 0 Å². The number of hydrogen-bond acceptors (Lipinski definition) is 4. The SMILES string of the molecule is CC(=O)Nc1cc([N+](=O)[O-])ccc1C=CC(=O)O. The number of rotatable bonds is 4. The molecule has 0 aromatic heterocycles. The van der Waals surface area contributed by atoms with Crippen molar-refractivity contribution in [3.8, 4) is 0 Å². The van der Waals surface area contributed by atoms with Gasteiger partial charge in [-0.2, -0.15) is 0 Å². The van der Waals surface area contributed by atoms with Gasteiger partial charge < -0.3 is 10.4 Å². The van der Waals surface area contributed by atoms with Crippen LogP contribution in [0.1, 0.15) is 12.5 Å². The second-order valence-electron chi connectivity index (χ2n) is 3.38. The van der Waals surface area contributed by atoms with Gasteiger partial charge in [0.2, 0.25) is 5.91 Å². The second kappa shape index (κ2) is 5.58. The fourth-order valence-electron chi connectivity index (χ4n) is 1.26. The third-order valence-electron chi connectivity index (χ3n) is 1.96. The number of nitro benzene ring substituents is 1. The Morgan fingerprint density at radius 3 is 2.61 bits per heavy atom. The number of carbonyl (C=O) groups excluding carboxylic acids is 1. The van der Waals surface area contributed by atoms with Crippen LogP contribution in [-0.4, -0.2) is 21.9 Å². The van der Waals surface area contributed by atoms with Gasteiger partial charge in [-0.15, -0.1) is 0 Å². The van der Waals surface area contributed by atoms with Crippen molar-refractivity contribution in [2.45, 2.75) is 6.92 Å². The molecule has 7 nitrogen and oxygen atoms in total. The van der Waals surface area contributed by atoms with Crippen LogP contribution in [0.4, 0.5) is 11.4 Å². The van der Waals surface area contributed by atoms with E-state index in [1.54, 1.807) is 0 Å². The predicted molar refractivity (Wildman–Crippen MR) is 64.1 cm³/mol. The summed E-state index contributed by atoms with van der Waals surface area (Å²) in [7, 11) is 0. The Bertz CT molecular complexity index is 536. The van der Waals surface area contributed by atoms with E-state index in [1.807, 2.05) is 0 Å². The molecule has 1 aromatic rings. The molecule has 0 bridgehead atoms.